The Morgan fingerprint density at radius 2 is 1.79 bits per heavy atom. The molecule has 2 aromatic carbocycles. The van der Waals surface area contributed by atoms with Crippen LogP contribution in [0.3, 0.4) is 0 Å². The Balaban J connectivity index is 1.62. The van der Waals surface area contributed by atoms with E-state index in [1.165, 1.54) is 6.07 Å². The van der Waals surface area contributed by atoms with Gasteiger partial charge in [-0.15, -0.1) is 0 Å². The zero-order valence-electron chi connectivity index (χ0n) is 19.4. The number of carbonyl (C=O) groups excluding carboxylic acids is 2. The van der Waals surface area contributed by atoms with Crippen LogP contribution in [0, 0.1) is 17.0 Å². The molecule has 1 aliphatic carbocycles. The van der Waals surface area contributed by atoms with Gasteiger partial charge in [-0.1, -0.05) is 38.1 Å². The number of Topliss-reactive ketones (excluding diaryl/α,β-unsaturated/α-hetero) is 1. The number of carbonyl (C=O) groups is 2. The molecule has 0 unspecified atom stereocenters. The summed E-state index contributed by atoms with van der Waals surface area (Å²) < 4.78 is 38.9. The van der Waals surface area contributed by atoms with Crippen molar-refractivity contribution in [3.05, 3.63) is 88.3 Å². The van der Waals surface area contributed by atoms with E-state index in [9.17, 15) is 18.4 Å². The number of ether oxygens (including phenoxy) is 2. The number of nitrogens with one attached hydrogen (secondary N) is 1. The molecule has 1 N–H and O–H groups in total. The summed E-state index contributed by atoms with van der Waals surface area (Å²) in [6, 6.07) is 12.6. The lowest BCUT2D eigenvalue weighted by Gasteiger charge is -2.39. The molecule has 0 bridgehead atoms. The van der Waals surface area contributed by atoms with Crippen molar-refractivity contribution in [3.8, 4) is 5.75 Å². The fourth-order valence-electron chi connectivity index (χ4n) is 4.62. The topological polar surface area (TPSA) is 64.6 Å². The van der Waals surface area contributed by atoms with E-state index in [2.05, 4.69) is 5.32 Å². The van der Waals surface area contributed by atoms with Gasteiger partial charge in [0.25, 0.3) is 0 Å². The largest absolute Gasteiger partial charge is 0.490 e. The van der Waals surface area contributed by atoms with Gasteiger partial charge in [-0.25, -0.2) is 13.6 Å². The highest BCUT2D eigenvalue weighted by Crippen LogP contribution is 2.46. The first-order valence-electron chi connectivity index (χ1n) is 11.2. The summed E-state index contributed by atoms with van der Waals surface area (Å²) in [5, 5.41) is 3.22. The molecule has 1 aliphatic heterocycles. The summed E-state index contributed by atoms with van der Waals surface area (Å²) in [5.41, 5.74) is 1.91. The van der Waals surface area contributed by atoms with E-state index in [1.54, 1.807) is 19.1 Å². The molecule has 178 valence electrons. The smallest absolute Gasteiger partial charge is 0.336 e. The van der Waals surface area contributed by atoms with Crippen molar-refractivity contribution >= 4 is 11.8 Å². The van der Waals surface area contributed by atoms with Gasteiger partial charge in [-0.3, -0.25) is 4.79 Å². The van der Waals surface area contributed by atoms with Crippen LogP contribution in [0.5, 0.6) is 5.75 Å². The van der Waals surface area contributed by atoms with Gasteiger partial charge >= 0.3 is 5.97 Å². The third-order valence-electron chi connectivity index (χ3n) is 6.07. The first-order valence-corrected chi connectivity index (χ1v) is 11.2. The molecule has 0 saturated carbocycles. The molecule has 0 fully saturated rings. The van der Waals surface area contributed by atoms with Crippen molar-refractivity contribution in [1.82, 2.24) is 5.32 Å². The standard InChI is InChI=1S/C27H27F2NO4/c1-16-23(26(32)34-12-11-33-18-7-5-4-6-8-18)24(17-9-10-19(28)20(29)13-17)25-21(30-16)14-27(2,3)15-22(25)31/h4-10,13,24,30H,11-12,14-15H2,1-3H3/t24-/m1/s1. The molecule has 0 radical (unpaired) electrons. The van der Waals surface area contributed by atoms with E-state index in [4.69, 9.17) is 9.47 Å². The first-order chi connectivity index (χ1) is 16.2. The van der Waals surface area contributed by atoms with Crippen LogP contribution < -0.4 is 10.1 Å². The van der Waals surface area contributed by atoms with Gasteiger partial charge in [0, 0.05) is 29.3 Å². The molecule has 1 atom stereocenters. The highest BCUT2D eigenvalue weighted by Gasteiger charge is 2.43. The lowest BCUT2D eigenvalue weighted by atomic mass is 9.68. The summed E-state index contributed by atoms with van der Waals surface area (Å²) in [6.07, 6.45) is 0.888. The second-order valence-electron chi connectivity index (χ2n) is 9.40. The number of halogens is 2. The summed E-state index contributed by atoms with van der Waals surface area (Å²) in [6.45, 7) is 5.85. The zero-order chi connectivity index (χ0) is 24.5. The molecule has 34 heavy (non-hydrogen) atoms. The Kier molecular flexibility index (Phi) is 6.55. The maximum absolute atomic E-state index is 14.2. The molecule has 0 spiro atoms. The van der Waals surface area contributed by atoms with Crippen LogP contribution in [0.15, 0.2) is 71.1 Å². The lowest BCUT2D eigenvalue weighted by Crippen LogP contribution is -2.38. The number of ketones is 1. The fourth-order valence-corrected chi connectivity index (χ4v) is 4.62. The number of dihydropyridines is 1. The molecule has 5 nitrogen and oxygen atoms in total. The number of rotatable bonds is 6. The SMILES string of the molecule is CC1=C(C(=O)OCCOc2ccccc2)[C@@H](c2ccc(F)c(F)c2)C2=C(CC(C)(C)CC2=O)N1. The van der Waals surface area contributed by atoms with Crippen LogP contribution in [-0.4, -0.2) is 25.0 Å². The van der Waals surface area contributed by atoms with Gasteiger partial charge in [-0.2, -0.15) is 0 Å². The molecule has 1 heterocycles. The second kappa shape index (κ2) is 9.41. The Hall–Kier alpha value is -3.48. The van der Waals surface area contributed by atoms with Gasteiger partial charge < -0.3 is 14.8 Å². The molecule has 4 rings (SSSR count). The van der Waals surface area contributed by atoms with E-state index in [0.717, 1.165) is 12.1 Å². The van der Waals surface area contributed by atoms with Crippen LogP contribution >= 0.6 is 0 Å². The Bertz CT molecular complexity index is 1180. The van der Waals surface area contributed by atoms with E-state index in [0.29, 0.717) is 41.1 Å². The molecule has 0 saturated heterocycles. The third kappa shape index (κ3) is 4.88. The van der Waals surface area contributed by atoms with Crippen molar-refractivity contribution in [1.29, 1.82) is 0 Å². The van der Waals surface area contributed by atoms with Crippen LogP contribution in [0.1, 0.15) is 45.1 Å². The predicted octanol–water partition coefficient (Wildman–Crippen LogP) is 5.19. The summed E-state index contributed by atoms with van der Waals surface area (Å²) in [5.74, 6) is -3.00. The summed E-state index contributed by atoms with van der Waals surface area (Å²) in [7, 11) is 0. The highest BCUT2D eigenvalue weighted by molar-refractivity contribution is 6.04. The Morgan fingerprint density at radius 3 is 2.50 bits per heavy atom. The highest BCUT2D eigenvalue weighted by atomic mass is 19.2. The predicted molar refractivity (Wildman–Crippen MR) is 123 cm³/mol. The van der Waals surface area contributed by atoms with Crippen molar-refractivity contribution in [2.24, 2.45) is 5.41 Å². The molecule has 2 aromatic rings. The average Bonchev–Trinajstić information content (AvgIpc) is 2.77. The minimum Gasteiger partial charge on any atom is -0.490 e. The summed E-state index contributed by atoms with van der Waals surface area (Å²) >= 11 is 0. The molecular weight excluding hydrogens is 440 g/mol. The quantitative estimate of drug-likeness (QED) is 0.468. The van der Waals surface area contributed by atoms with Gasteiger partial charge in [-0.05, 0) is 48.6 Å². The van der Waals surface area contributed by atoms with E-state index in [-0.39, 0.29) is 30.0 Å². The lowest BCUT2D eigenvalue weighted by molar-refractivity contribution is -0.140. The number of allylic oxidation sites excluding steroid dienone is 3. The van der Waals surface area contributed by atoms with E-state index >= 15 is 0 Å². The number of esters is 1. The third-order valence-corrected chi connectivity index (χ3v) is 6.07. The number of hydrogen-bond donors (Lipinski definition) is 1. The van der Waals surface area contributed by atoms with Gasteiger partial charge in [0.2, 0.25) is 0 Å². The number of benzene rings is 2. The van der Waals surface area contributed by atoms with Crippen molar-refractivity contribution < 1.29 is 27.8 Å². The normalized spacial score (nSPS) is 19.4. The van der Waals surface area contributed by atoms with Crippen molar-refractivity contribution in [3.63, 3.8) is 0 Å². The maximum atomic E-state index is 14.2. The molecule has 0 aromatic heterocycles. The zero-order valence-corrected chi connectivity index (χ0v) is 19.4. The number of hydrogen-bond acceptors (Lipinski definition) is 5. The van der Waals surface area contributed by atoms with Crippen LogP contribution in [0.2, 0.25) is 0 Å². The second-order valence-corrected chi connectivity index (χ2v) is 9.40. The number of para-hydroxylation sites is 1. The minimum absolute atomic E-state index is 0.0120. The monoisotopic (exact) mass is 467 g/mol. The van der Waals surface area contributed by atoms with Gasteiger partial charge in [0.05, 0.1) is 5.57 Å². The molecule has 0 amide bonds. The maximum Gasteiger partial charge on any atom is 0.336 e. The van der Waals surface area contributed by atoms with Gasteiger partial charge in [0.1, 0.15) is 19.0 Å². The fraction of sp³-hybridized carbons (Fsp3) is 0.333. The van der Waals surface area contributed by atoms with Gasteiger partial charge in [0.15, 0.2) is 17.4 Å². The average molecular weight is 468 g/mol. The Labute approximate surface area is 197 Å². The van der Waals surface area contributed by atoms with Crippen molar-refractivity contribution in [2.45, 2.75) is 39.5 Å². The molecule has 2 aliphatic rings. The molecule has 7 heteroatoms. The first kappa shape index (κ1) is 23.7. The van der Waals surface area contributed by atoms with Crippen LogP contribution in [-0.2, 0) is 14.3 Å². The van der Waals surface area contributed by atoms with Crippen molar-refractivity contribution in [2.75, 3.05) is 13.2 Å². The van der Waals surface area contributed by atoms with E-state index in [1.807, 2.05) is 32.0 Å². The van der Waals surface area contributed by atoms with E-state index < -0.39 is 23.5 Å². The van der Waals surface area contributed by atoms with Crippen LogP contribution in [0.4, 0.5) is 8.78 Å². The Morgan fingerprint density at radius 1 is 1.06 bits per heavy atom. The summed E-state index contributed by atoms with van der Waals surface area (Å²) in [4.78, 5) is 26.4. The van der Waals surface area contributed by atoms with Crippen LogP contribution in [0.25, 0.3) is 0 Å². The molecular formula is C27H27F2NO4. The minimum atomic E-state index is -1.04.